The molecule has 6 aromatic carbocycles. The Balaban J connectivity index is 0.000000528. The van der Waals surface area contributed by atoms with Crippen LogP contribution in [0.2, 0.25) is 0 Å². The van der Waals surface area contributed by atoms with Gasteiger partial charge in [-0.25, -0.2) is 0 Å². The van der Waals surface area contributed by atoms with Gasteiger partial charge in [0.15, 0.2) is 0 Å². The molecule has 0 saturated carbocycles. The Morgan fingerprint density at radius 2 is 1.17 bits per heavy atom. The van der Waals surface area contributed by atoms with Crippen molar-refractivity contribution in [1.82, 2.24) is 36.4 Å². The number of benzene rings is 6. The highest BCUT2D eigenvalue weighted by atomic mass is 32.2. The van der Waals surface area contributed by atoms with Crippen molar-refractivity contribution in [2.24, 2.45) is 11.5 Å². The first kappa shape index (κ1) is 77.3. The first-order chi connectivity index (χ1) is 47.1. The largest absolute Gasteiger partial charge is 0.508 e. The number of aliphatic hydroxyl groups excluding tert-OH is 1. The fourth-order valence-corrected chi connectivity index (χ4v) is 12.5. The van der Waals surface area contributed by atoms with Crippen molar-refractivity contribution in [3.63, 3.8) is 0 Å². The van der Waals surface area contributed by atoms with E-state index < -0.39 is 110 Å². The number of fused-ring (bicyclic) bond motifs is 2. The average molecular weight is 1400 g/mol. The van der Waals surface area contributed by atoms with Gasteiger partial charge in [0, 0.05) is 31.2 Å². The van der Waals surface area contributed by atoms with Crippen LogP contribution < -0.4 is 42.8 Å². The van der Waals surface area contributed by atoms with E-state index in [2.05, 4.69) is 33.5 Å². The van der Waals surface area contributed by atoms with Crippen molar-refractivity contribution in [3.05, 3.63) is 168 Å². The molecule has 3 fully saturated rings. The van der Waals surface area contributed by atoms with Gasteiger partial charge in [0.05, 0.1) is 22.5 Å². The second-order valence-corrected chi connectivity index (χ2v) is 27.8. The Hall–Kier alpha value is -9.09. The van der Waals surface area contributed by atoms with Gasteiger partial charge in [0.1, 0.15) is 47.8 Å². The van der Waals surface area contributed by atoms with E-state index in [1.807, 2.05) is 62.4 Å². The van der Waals surface area contributed by atoms with Crippen LogP contribution in [0, 0.1) is 13.8 Å². The van der Waals surface area contributed by atoms with E-state index in [0.29, 0.717) is 19.4 Å². The molecule has 27 heteroatoms. The summed E-state index contributed by atoms with van der Waals surface area (Å²) in [7, 11) is -8.04. The number of carbonyl (C=O) groups is 7. The monoisotopic (exact) mass is 1400 g/mol. The number of aliphatic hydroxyl groups is 1. The van der Waals surface area contributed by atoms with Gasteiger partial charge in [-0.05, 0) is 180 Å². The fraction of sp³-hybridized carbons (Fsp3) is 0.403. The summed E-state index contributed by atoms with van der Waals surface area (Å²) >= 11 is 0. The van der Waals surface area contributed by atoms with E-state index in [-0.39, 0.29) is 92.2 Å². The summed E-state index contributed by atoms with van der Waals surface area (Å²) in [5.74, 6) is -3.61. The standard InChI is InChI=1S/C58H75N9O10.2C7H8O3S/c1-3-4-5-33-77-45-27-23-41(24-28-45)39-17-15-38(16-18-39)40-19-21-42(22-20-40)52(70)62-46-10-7-31-61-55(73)50-34-43(60)35-67(50)57(75)48(9-6-30-59)64-53(71)47(29-14-37-12-25-44(69)26-13-37)63-56(74)49-11-8-32-66(49)58(76)51(36(2)68)65-54(46)72;2*1-6-2-4-7(5-3-6)11(8,9)10/h12-13,15-28,36,43,46-51,68-69H,3-11,14,29-35,59-60H2,1-2H3,(H,61,73)(H,62,70)(H,63,74)(H,64,71)(H,65,72);2*2-5H,1H3,(H,8,9,10)/t36-,43+,46+,47+,48+,49+,50+,51+;;/m1../s1. The molecule has 0 radical (unpaired) electrons. The third-order valence-corrected chi connectivity index (χ3v) is 18.9. The van der Waals surface area contributed by atoms with E-state index in [0.717, 1.165) is 64.0 Å². The minimum absolute atomic E-state index is 0.0159. The first-order valence-electron chi connectivity index (χ1n) is 33.2. The van der Waals surface area contributed by atoms with Crippen LogP contribution in [0.1, 0.15) is 112 Å². The summed E-state index contributed by atoms with van der Waals surface area (Å²) < 4.78 is 65.0. The third-order valence-electron chi connectivity index (χ3n) is 17.2. The molecule has 3 heterocycles. The van der Waals surface area contributed by atoms with Gasteiger partial charge < -0.3 is 62.8 Å². The SMILES string of the molecule is CCCCCOc1ccc(-c2ccc(-c3ccc(C(=O)N[C@H]4CCCNC(=O)[C@@H]5C[C@H](N)CN5C(=O)[C@H](CCCN)NC(=O)[C@H](CCc5ccc(O)cc5)NC(=O)[C@@H]5CCCN5C(=O)[C@H]([C@@H](C)O)NC4=O)cc3)cc2)cc1.Cc1ccc(S(=O)(=O)O)cc1.Cc1ccc(S(=O)(=O)O)cc1. The van der Waals surface area contributed by atoms with Gasteiger partial charge in [-0.1, -0.05) is 116 Å². The van der Waals surface area contributed by atoms with Crippen LogP contribution in [0.25, 0.3) is 22.3 Å². The highest BCUT2D eigenvalue weighted by Gasteiger charge is 2.43. The van der Waals surface area contributed by atoms with Gasteiger partial charge in [-0.3, -0.25) is 42.7 Å². The normalized spacial score (nSPS) is 20.7. The predicted octanol–water partition coefficient (Wildman–Crippen LogP) is 5.91. The summed E-state index contributed by atoms with van der Waals surface area (Å²) in [6.07, 6.45) is 3.55. The fourth-order valence-electron chi connectivity index (χ4n) is 11.6. The maximum absolute atomic E-state index is 14.4. The van der Waals surface area contributed by atoms with Crippen LogP contribution in [0.3, 0.4) is 0 Å². The third kappa shape index (κ3) is 23.0. The summed E-state index contributed by atoms with van der Waals surface area (Å²) in [6, 6.07) is 33.5. The smallest absolute Gasteiger partial charge is 0.294 e. The minimum atomic E-state index is -4.02. The molecule has 7 amide bonds. The molecule has 25 nitrogen and oxygen atoms in total. The number of ether oxygens (including phenoxy) is 1. The highest BCUT2D eigenvalue weighted by Crippen LogP contribution is 2.28. The molecule has 6 aromatic rings. The van der Waals surface area contributed by atoms with Crippen LogP contribution in [-0.4, -0.2) is 168 Å². The van der Waals surface area contributed by atoms with Gasteiger partial charge in [0.25, 0.3) is 26.1 Å². The second kappa shape index (κ2) is 36.7. The molecule has 3 aliphatic heterocycles. The van der Waals surface area contributed by atoms with Crippen molar-refractivity contribution in [2.45, 2.75) is 163 Å². The van der Waals surface area contributed by atoms with Crippen molar-refractivity contribution < 1.29 is 74.5 Å². The van der Waals surface area contributed by atoms with Crippen LogP contribution in [-0.2, 0) is 55.4 Å². The van der Waals surface area contributed by atoms with E-state index in [1.54, 1.807) is 60.7 Å². The lowest BCUT2D eigenvalue weighted by Crippen LogP contribution is -2.61. The molecule has 0 aromatic heterocycles. The number of aryl methyl sites for hydroxylation is 3. The van der Waals surface area contributed by atoms with Crippen LogP contribution in [0.5, 0.6) is 11.5 Å². The van der Waals surface area contributed by atoms with Gasteiger partial charge in [-0.2, -0.15) is 16.8 Å². The quantitative estimate of drug-likeness (QED) is 0.0352. The number of aromatic hydroxyl groups is 1. The molecular formula is C72H91N9O16S2. The van der Waals surface area contributed by atoms with E-state index in [1.165, 1.54) is 53.1 Å². The number of unbranched alkanes of at least 4 members (excludes halogenated alkanes) is 2. The maximum atomic E-state index is 14.4. The number of nitrogens with one attached hydrogen (secondary N) is 5. The lowest BCUT2D eigenvalue weighted by atomic mass is 9.99. The number of carbonyl (C=O) groups excluding carboxylic acids is 7. The van der Waals surface area contributed by atoms with Gasteiger partial charge in [0.2, 0.25) is 35.4 Å². The molecule has 0 aliphatic carbocycles. The van der Waals surface area contributed by atoms with Crippen molar-refractivity contribution in [1.29, 1.82) is 0 Å². The van der Waals surface area contributed by atoms with Crippen LogP contribution >= 0.6 is 0 Å². The predicted molar refractivity (Wildman–Crippen MR) is 373 cm³/mol. The highest BCUT2D eigenvalue weighted by molar-refractivity contribution is 7.86. The minimum Gasteiger partial charge on any atom is -0.508 e. The molecule has 99 heavy (non-hydrogen) atoms. The van der Waals surface area contributed by atoms with E-state index in [4.69, 9.17) is 25.3 Å². The van der Waals surface area contributed by atoms with Crippen molar-refractivity contribution >= 4 is 61.6 Å². The Labute approximate surface area is 578 Å². The topological polar surface area (TPSA) is 397 Å². The number of hydrogen-bond acceptors (Lipinski definition) is 16. The zero-order chi connectivity index (χ0) is 72.0. The zero-order valence-corrected chi connectivity index (χ0v) is 57.7. The van der Waals surface area contributed by atoms with Gasteiger partial charge >= 0.3 is 0 Å². The molecule has 8 atom stereocenters. The van der Waals surface area contributed by atoms with E-state index >= 15 is 0 Å². The molecule has 3 saturated heterocycles. The number of amides is 7. The molecule has 0 spiro atoms. The lowest BCUT2D eigenvalue weighted by Gasteiger charge is -2.32. The Morgan fingerprint density at radius 3 is 1.71 bits per heavy atom. The van der Waals surface area contributed by atoms with E-state index in [9.17, 15) is 60.6 Å². The molecule has 13 N–H and O–H groups in total. The first-order valence-corrected chi connectivity index (χ1v) is 36.1. The summed E-state index contributed by atoms with van der Waals surface area (Å²) in [4.78, 5) is 102. The molecular weight excluding hydrogens is 1310 g/mol. The lowest BCUT2D eigenvalue weighted by molar-refractivity contribution is -0.144. The molecule has 532 valence electrons. The number of rotatable bonds is 18. The Morgan fingerprint density at radius 1 is 0.626 bits per heavy atom. The summed E-state index contributed by atoms with van der Waals surface area (Å²) in [5.41, 5.74) is 19.0. The number of hydrogen-bond donors (Lipinski definition) is 11. The summed E-state index contributed by atoms with van der Waals surface area (Å²) in [6.45, 7) is 8.24. The van der Waals surface area contributed by atoms with Gasteiger partial charge in [-0.15, -0.1) is 0 Å². The Kier molecular flexibility index (Phi) is 28.6. The zero-order valence-electron chi connectivity index (χ0n) is 56.0. The number of nitrogens with zero attached hydrogens (tertiary/aromatic N) is 2. The van der Waals surface area contributed by atoms with Crippen LogP contribution in [0.15, 0.2) is 155 Å². The van der Waals surface area contributed by atoms with Crippen molar-refractivity contribution in [2.75, 3.05) is 32.8 Å². The molecule has 0 unspecified atom stereocenters. The average Bonchev–Trinajstić information content (AvgIpc) is 1.73. The number of phenolic OH excluding ortho intramolecular Hbond substituents is 1. The Bertz CT molecular complexity index is 3850. The number of phenols is 1. The van der Waals surface area contributed by atoms with Crippen molar-refractivity contribution in [3.8, 4) is 33.8 Å². The second-order valence-electron chi connectivity index (χ2n) is 24.9. The number of nitrogens with two attached hydrogens (primary N) is 2. The molecule has 0 bridgehead atoms. The molecule has 3 aliphatic rings. The maximum Gasteiger partial charge on any atom is 0.294 e. The summed E-state index contributed by atoms with van der Waals surface area (Å²) in [5, 5.41) is 34.9. The van der Waals surface area contributed by atoms with Crippen LogP contribution in [0.4, 0.5) is 0 Å². The molecule has 9 rings (SSSR count).